The molecule has 6 heteroatoms. The van der Waals surface area contributed by atoms with E-state index in [2.05, 4.69) is 35.9 Å². The van der Waals surface area contributed by atoms with Crippen LogP contribution in [0.25, 0.3) is 0 Å². The average Bonchev–Trinajstić information content (AvgIpc) is 3.04. The maximum Gasteiger partial charge on any atom is 0.227 e. The molecule has 1 aromatic rings. The highest BCUT2D eigenvalue weighted by molar-refractivity contribution is 5.80. The van der Waals surface area contributed by atoms with Crippen molar-refractivity contribution in [2.24, 2.45) is 5.92 Å². The molecule has 23 heavy (non-hydrogen) atoms. The van der Waals surface area contributed by atoms with Crippen molar-refractivity contribution in [1.29, 1.82) is 0 Å². The van der Waals surface area contributed by atoms with Crippen molar-refractivity contribution >= 4 is 11.7 Å². The molecule has 1 amide bonds. The van der Waals surface area contributed by atoms with Gasteiger partial charge in [0.25, 0.3) is 0 Å². The highest BCUT2D eigenvalue weighted by atomic mass is 16.5. The van der Waals surface area contributed by atoms with E-state index in [1.54, 1.807) is 0 Å². The Hall–Kier alpha value is -1.69. The van der Waals surface area contributed by atoms with Crippen molar-refractivity contribution in [3.05, 3.63) is 17.8 Å². The predicted molar refractivity (Wildman–Crippen MR) is 88.5 cm³/mol. The zero-order valence-corrected chi connectivity index (χ0v) is 14.3. The van der Waals surface area contributed by atoms with Crippen LogP contribution in [0.4, 0.5) is 5.82 Å². The van der Waals surface area contributed by atoms with Crippen LogP contribution in [-0.4, -0.2) is 60.4 Å². The molecule has 2 aliphatic heterocycles. The SMILES string of the molecule is CC(C)(C)c1ccc(N2CCC(C(=O)N3CCOCC3)C2)nn1. The van der Waals surface area contributed by atoms with Crippen LogP contribution in [0, 0.1) is 5.92 Å². The summed E-state index contributed by atoms with van der Waals surface area (Å²) in [6, 6.07) is 4.06. The zero-order chi connectivity index (χ0) is 16.4. The summed E-state index contributed by atoms with van der Waals surface area (Å²) in [5.41, 5.74) is 0.993. The lowest BCUT2D eigenvalue weighted by Crippen LogP contribution is -2.44. The standard InChI is InChI=1S/C17H26N4O2/c1-17(2,3)14-4-5-15(19-18-14)21-7-6-13(12-21)16(22)20-8-10-23-11-9-20/h4-5,13H,6-12H2,1-3H3. The lowest BCUT2D eigenvalue weighted by Gasteiger charge is -2.29. The Morgan fingerprint density at radius 2 is 1.91 bits per heavy atom. The maximum absolute atomic E-state index is 12.6. The van der Waals surface area contributed by atoms with Crippen LogP contribution >= 0.6 is 0 Å². The van der Waals surface area contributed by atoms with Gasteiger partial charge in [-0.15, -0.1) is 5.10 Å². The fourth-order valence-electron chi connectivity index (χ4n) is 3.11. The summed E-state index contributed by atoms with van der Waals surface area (Å²) < 4.78 is 5.32. The minimum absolute atomic E-state index is 0.00533. The van der Waals surface area contributed by atoms with Gasteiger partial charge in [-0.05, 0) is 18.6 Å². The third-order valence-corrected chi connectivity index (χ3v) is 4.60. The van der Waals surface area contributed by atoms with Gasteiger partial charge in [0.1, 0.15) is 0 Å². The van der Waals surface area contributed by atoms with Gasteiger partial charge in [-0.25, -0.2) is 0 Å². The van der Waals surface area contributed by atoms with E-state index < -0.39 is 0 Å². The van der Waals surface area contributed by atoms with Crippen LogP contribution in [0.3, 0.4) is 0 Å². The number of ether oxygens (including phenoxy) is 1. The van der Waals surface area contributed by atoms with Crippen molar-refractivity contribution in [1.82, 2.24) is 15.1 Å². The largest absolute Gasteiger partial charge is 0.378 e. The minimum atomic E-state index is 0.00533. The molecule has 126 valence electrons. The summed E-state index contributed by atoms with van der Waals surface area (Å²) in [4.78, 5) is 16.7. The molecule has 0 saturated carbocycles. The number of anilines is 1. The fraction of sp³-hybridized carbons (Fsp3) is 0.706. The Bertz CT molecular complexity index is 547. The molecular weight excluding hydrogens is 292 g/mol. The number of amides is 1. The number of carbonyl (C=O) groups excluding carboxylic acids is 1. The van der Waals surface area contributed by atoms with E-state index in [1.807, 2.05) is 17.0 Å². The summed E-state index contributed by atoms with van der Waals surface area (Å²) in [6.07, 6.45) is 0.888. The van der Waals surface area contributed by atoms with Gasteiger partial charge in [-0.3, -0.25) is 4.79 Å². The van der Waals surface area contributed by atoms with Gasteiger partial charge in [0, 0.05) is 31.6 Å². The zero-order valence-electron chi connectivity index (χ0n) is 14.3. The molecule has 0 radical (unpaired) electrons. The first-order valence-electron chi connectivity index (χ1n) is 8.41. The first-order chi connectivity index (χ1) is 10.9. The average molecular weight is 318 g/mol. The number of rotatable bonds is 2. The predicted octanol–water partition coefficient (Wildman–Crippen LogP) is 1.46. The summed E-state index contributed by atoms with van der Waals surface area (Å²) in [6.45, 7) is 10.7. The van der Waals surface area contributed by atoms with Crippen LogP contribution in [0.1, 0.15) is 32.9 Å². The lowest BCUT2D eigenvalue weighted by atomic mass is 9.92. The molecule has 2 fully saturated rings. The third kappa shape index (κ3) is 3.63. The highest BCUT2D eigenvalue weighted by Gasteiger charge is 2.32. The van der Waals surface area contributed by atoms with E-state index in [1.165, 1.54) is 0 Å². The molecule has 1 atom stereocenters. The molecule has 0 N–H and O–H groups in total. The van der Waals surface area contributed by atoms with Gasteiger partial charge >= 0.3 is 0 Å². The van der Waals surface area contributed by atoms with Crippen molar-refractivity contribution in [3.8, 4) is 0 Å². The van der Waals surface area contributed by atoms with Gasteiger partial charge in [0.15, 0.2) is 5.82 Å². The van der Waals surface area contributed by atoms with Crippen molar-refractivity contribution < 1.29 is 9.53 Å². The van der Waals surface area contributed by atoms with Gasteiger partial charge in [0.05, 0.1) is 24.8 Å². The van der Waals surface area contributed by atoms with Crippen LogP contribution in [0.15, 0.2) is 12.1 Å². The summed E-state index contributed by atoms with van der Waals surface area (Å²) in [5.74, 6) is 1.20. The second-order valence-corrected chi connectivity index (χ2v) is 7.40. The minimum Gasteiger partial charge on any atom is -0.378 e. The summed E-state index contributed by atoms with van der Waals surface area (Å²) in [5, 5.41) is 8.72. The van der Waals surface area contributed by atoms with Gasteiger partial charge in [0.2, 0.25) is 5.91 Å². The Morgan fingerprint density at radius 1 is 1.17 bits per heavy atom. The number of hydrogen-bond donors (Lipinski definition) is 0. The number of nitrogens with zero attached hydrogens (tertiary/aromatic N) is 4. The van der Waals surface area contributed by atoms with Gasteiger partial charge in [-0.2, -0.15) is 5.10 Å². The second kappa shape index (κ2) is 6.43. The molecule has 1 unspecified atom stereocenters. The van der Waals surface area contributed by atoms with E-state index >= 15 is 0 Å². The number of aromatic nitrogens is 2. The fourth-order valence-corrected chi connectivity index (χ4v) is 3.11. The Balaban J connectivity index is 1.62. The molecule has 0 aliphatic carbocycles. The van der Waals surface area contributed by atoms with Crippen LogP contribution in [0.2, 0.25) is 0 Å². The van der Waals surface area contributed by atoms with E-state index in [0.717, 1.165) is 44.1 Å². The Labute approximate surface area is 137 Å². The van der Waals surface area contributed by atoms with E-state index in [-0.39, 0.29) is 17.2 Å². The molecule has 6 nitrogen and oxygen atoms in total. The molecule has 0 spiro atoms. The Morgan fingerprint density at radius 3 is 2.52 bits per heavy atom. The summed E-state index contributed by atoms with van der Waals surface area (Å²) in [7, 11) is 0. The summed E-state index contributed by atoms with van der Waals surface area (Å²) >= 11 is 0. The molecule has 0 aromatic carbocycles. The second-order valence-electron chi connectivity index (χ2n) is 7.40. The quantitative estimate of drug-likeness (QED) is 0.826. The number of morpholine rings is 1. The monoisotopic (exact) mass is 318 g/mol. The van der Waals surface area contributed by atoms with Crippen molar-refractivity contribution in [3.63, 3.8) is 0 Å². The lowest BCUT2D eigenvalue weighted by molar-refractivity contribution is -0.138. The van der Waals surface area contributed by atoms with Crippen molar-refractivity contribution in [2.45, 2.75) is 32.6 Å². The molecule has 0 bridgehead atoms. The van der Waals surface area contributed by atoms with E-state index in [9.17, 15) is 4.79 Å². The molecule has 3 heterocycles. The van der Waals surface area contributed by atoms with E-state index in [0.29, 0.717) is 13.2 Å². The third-order valence-electron chi connectivity index (χ3n) is 4.60. The van der Waals surface area contributed by atoms with Gasteiger partial charge in [-0.1, -0.05) is 20.8 Å². The highest BCUT2D eigenvalue weighted by Crippen LogP contribution is 2.25. The molecule has 2 saturated heterocycles. The smallest absolute Gasteiger partial charge is 0.227 e. The first kappa shape index (κ1) is 16.2. The van der Waals surface area contributed by atoms with Crippen molar-refractivity contribution in [2.75, 3.05) is 44.3 Å². The van der Waals surface area contributed by atoms with E-state index in [4.69, 9.17) is 4.74 Å². The van der Waals surface area contributed by atoms with Crippen LogP contribution in [0.5, 0.6) is 0 Å². The Kier molecular flexibility index (Phi) is 4.53. The number of hydrogen-bond acceptors (Lipinski definition) is 5. The van der Waals surface area contributed by atoms with Gasteiger partial charge < -0.3 is 14.5 Å². The topological polar surface area (TPSA) is 58.6 Å². The normalized spacial score (nSPS) is 22.5. The molecule has 2 aliphatic rings. The van der Waals surface area contributed by atoms with Crippen LogP contribution < -0.4 is 4.90 Å². The molecule has 1 aromatic heterocycles. The maximum atomic E-state index is 12.6. The number of carbonyl (C=O) groups is 1. The first-order valence-corrected chi connectivity index (χ1v) is 8.41. The van der Waals surface area contributed by atoms with Crippen LogP contribution in [-0.2, 0) is 14.9 Å². The molecular formula is C17H26N4O2. The molecule has 3 rings (SSSR count).